The van der Waals surface area contributed by atoms with Crippen molar-refractivity contribution in [3.8, 4) is 0 Å². The summed E-state index contributed by atoms with van der Waals surface area (Å²) in [6.45, 7) is 3.67. The van der Waals surface area contributed by atoms with Gasteiger partial charge in [-0.05, 0) is 25.7 Å². The zero-order valence-electron chi connectivity index (χ0n) is 5.96. The van der Waals surface area contributed by atoms with E-state index in [2.05, 4.69) is 0 Å². The first-order chi connectivity index (χ1) is 4.05. The van der Waals surface area contributed by atoms with Gasteiger partial charge in [0.05, 0.1) is 11.7 Å². The quantitative estimate of drug-likeness (QED) is 0.502. The molecule has 0 amide bonds. The van der Waals surface area contributed by atoms with Crippen LogP contribution in [-0.2, 0) is 0 Å². The molecule has 0 aliphatic heterocycles. The van der Waals surface area contributed by atoms with E-state index in [1.807, 2.05) is 6.92 Å². The van der Waals surface area contributed by atoms with Gasteiger partial charge in [-0.15, -0.1) is 0 Å². The average molecular weight is 130 g/mol. The zero-order chi connectivity index (χ0) is 7.07. The van der Waals surface area contributed by atoms with Crippen molar-refractivity contribution in [3.63, 3.8) is 0 Å². The van der Waals surface area contributed by atoms with Crippen LogP contribution >= 0.6 is 0 Å². The Morgan fingerprint density at radius 1 is 1.44 bits per heavy atom. The first kappa shape index (κ1) is 7.03. The molecular weight excluding hydrogens is 116 g/mol. The van der Waals surface area contributed by atoms with Crippen molar-refractivity contribution in [1.82, 2.24) is 0 Å². The monoisotopic (exact) mass is 130 g/mol. The molecule has 0 aromatic heterocycles. The van der Waals surface area contributed by atoms with Crippen molar-refractivity contribution >= 4 is 0 Å². The van der Waals surface area contributed by atoms with Crippen LogP contribution in [0.5, 0.6) is 0 Å². The van der Waals surface area contributed by atoms with E-state index < -0.39 is 11.7 Å². The Bertz CT molecular complexity index is 97.5. The van der Waals surface area contributed by atoms with Gasteiger partial charge >= 0.3 is 0 Å². The zero-order valence-corrected chi connectivity index (χ0v) is 5.96. The van der Waals surface area contributed by atoms with Crippen LogP contribution in [0.3, 0.4) is 0 Å². The van der Waals surface area contributed by atoms with Gasteiger partial charge in [-0.2, -0.15) is 0 Å². The van der Waals surface area contributed by atoms with Crippen molar-refractivity contribution < 1.29 is 10.2 Å². The van der Waals surface area contributed by atoms with E-state index in [0.29, 0.717) is 0 Å². The first-order valence-electron chi connectivity index (χ1n) is 3.45. The van der Waals surface area contributed by atoms with Gasteiger partial charge in [0.25, 0.3) is 0 Å². The Kier molecular flexibility index (Phi) is 1.53. The highest BCUT2D eigenvalue weighted by Gasteiger charge is 2.41. The van der Waals surface area contributed by atoms with Crippen LogP contribution in [0.15, 0.2) is 0 Å². The highest BCUT2D eigenvalue weighted by molar-refractivity contribution is 4.93. The fourth-order valence-electron chi connectivity index (χ4n) is 1.32. The van der Waals surface area contributed by atoms with E-state index in [0.717, 1.165) is 12.8 Å². The van der Waals surface area contributed by atoms with Gasteiger partial charge in [0, 0.05) is 0 Å². The highest BCUT2D eigenvalue weighted by Crippen LogP contribution is 2.34. The van der Waals surface area contributed by atoms with Gasteiger partial charge in [-0.25, -0.2) is 0 Å². The summed E-state index contributed by atoms with van der Waals surface area (Å²) >= 11 is 0. The third-order valence-electron chi connectivity index (χ3n) is 2.55. The summed E-state index contributed by atoms with van der Waals surface area (Å²) in [5, 5.41) is 18.7. The Morgan fingerprint density at radius 2 is 2.00 bits per heavy atom. The predicted octanol–water partition coefficient (Wildman–Crippen LogP) is 0.528. The lowest BCUT2D eigenvalue weighted by Crippen LogP contribution is -2.38. The molecule has 3 atom stereocenters. The second-order valence-electron chi connectivity index (χ2n) is 3.22. The summed E-state index contributed by atoms with van der Waals surface area (Å²) in [7, 11) is 0. The fraction of sp³-hybridized carbons (Fsp3) is 1.00. The molecule has 0 aromatic rings. The Balaban J connectivity index is 2.66. The normalized spacial score (nSPS) is 52.0. The standard InChI is InChI=1S/C7H14O2/c1-5-3-4-6(8)7(5,2)9/h5-6,8-9H,3-4H2,1-2H3/t5?,6-,7-/m1/s1. The van der Waals surface area contributed by atoms with Gasteiger partial charge in [0.2, 0.25) is 0 Å². The SMILES string of the molecule is CC1CC[C@@H](O)[C@]1(C)O. The average Bonchev–Trinajstić information content (AvgIpc) is 1.96. The number of aliphatic hydroxyl groups excluding tert-OH is 1. The highest BCUT2D eigenvalue weighted by atomic mass is 16.3. The lowest BCUT2D eigenvalue weighted by Gasteiger charge is -2.25. The van der Waals surface area contributed by atoms with Crippen LogP contribution in [-0.4, -0.2) is 21.9 Å². The number of aliphatic hydroxyl groups is 2. The molecule has 0 spiro atoms. The van der Waals surface area contributed by atoms with Gasteiger partial charge in [0.1, 0.15) is 0 Å². The van der Waals surface area contributed by atoms with E-state index in [4.69, 9.17) is 0 Å². The minimum atomic E-state index is -0.833. The molecule has 1 aliphatic rings. The molecule has 1 rings (SSSR count). The molecule has 9 heavy (non-hydrogen) atoms. The van der Waals surface area contributed by atoms with Crippen LogP contribution < -0.4 is 0 Å². The van der Waals surface area contributed by atoms with Crippen LogP contribution in [0.1, 0.15) is 26.7 Å². The molecular formula is C7H14O2. The second-order valence-corrected chi connectivity index (χ2v) is 3.22. The predicted molar refractivity (Wildman–Crippen MR) is 35.0 cm³/mol. The number of hydrogen-bond donors (Lipinski definition) is 2. The Hall–Kier alpha value is -0.0800. The topological polar surface area (TPSA) is 40.5 Å². The van der Waals surface area contributed by atoms with E-state index in [1.165, 1.54) is 0 Å². The minimum Gasteiger partial charge on any atom is -0.390 e. The van der Waals surface area contributed by atoms with Crippen molar-refractivity contribution in [1.29, 1.82) is 0 Å². The smallest absolute Gasteiger partial charge is 0.0902 e. The largest absolute Gasteiger partial charge is 0.390 e. The Morgan fingerprint density at radius 3 is 2.11 bits per heavy atom. The van der Waals surface area contributed by atoms with Crippen molar-refractivity contribution in [2.45, 2.75) is 38.4 Å². The molecule has 1 saturated carbocycles. The van der Waals surface area contributed by atoms with Gasteiger partial charge in [-0.3, -0.25) is 0 Å². The van der Waals surface area contributed by atoms with Crippen LogP contribution in [0, 0.1) is 5.92 Å². The Labute approximate surface area is 55.5 Å². The summed E-state index contributed by atoms with van der Waals surface area (Å²) in [4.78, 5) is 0. The van der Waals surface area contributed by atoms with Gasteiger partial charge < -0.3 is 10.2 Å². The van der Waals surface area contributed by atoms with Gasteiger partial charge in [0.15, 0.2) is 0 Å². The maximum absolute atomic E-state index is 9.48. The molecule has 0 heterocycles. The molecule has 2 N–H and O–H groups in total. The molecule has 0 bridgehead atoms. The van der Waals surface area contributed by atoms with Crippen LogP contribution in [0.2, 0.25) is 0 Å². The summed E-state index contributed by atoms with van der Waals surface area (Å²) in [5.74, 6) is 0.243. The van der Waals surface area contributed by atoms with Gasteiger partial charge in [-0.1, -0.05) is 6.92 Å². The number of hydrogen-bond acceptors (Lipinski definition) is 2. The molecule has 1 fully saturated rings. The summed E-state index contributed by atoms with van der Waals surface area (Å²) in [6, 6.07) is 0. The molecule has 2 heteroatoms. The maximum atomic E-state index is 9.48. The van der Waals surface area contributed by atoms with E-state index in [1.54, 1.807) is 6.92 Å². The lowest BCUT2D eigenvalue weighted by atomic mass is 9.94. The molecule has 54 valence electrons. The molecule has 0 saturated heterocycles. The number of rotatable bonds is 0. The van der Waals surface area contributed by atoms with E-state index >= 15 is 0 Å². The molecule has 2 nitrogen and oxygen atoms in total. The van der Waals surface area contributed by atoms with Crippen LogP contribution in [0.4, 0.5) is 0 Å². The maximum Gasteiger partial charge on any atom is 0.0902 e. The third-order valence-corrected chi connectivity index (χ3v) is 2.55. The summed E-state index contributed by atoms with van der Waals surface area (Å²) < 4.78 is 0. The lowest BCUT2D eigenvalue weighted by molar-refractivity contribution is -0.0620. The van der Waals surface area contributed by atoms with E-state index in [-0.39, 0.29) is 5.92 Å². The van der Waals surface area contributed by atoms with E-state index in [9.17, 15) is 10.2 Å². The first-order valence-corrected chi connectivity index (χ1v) is 3.45. The summed E-state index contributed by atoms with van der Waals surface area (Å²) in [5.41, 5.74) is -0.833. The van der Waals surface area contributed by atoms with Crippen molar-refractivity contribution in [2.24, 2.45) is 5.92 Å². The van der Waals surface area contributed by atoms with Crippen LogP contribution in [0.25, 0.3) is 0 Å². The molecule has 0 aromatic carbocycles. The molecule has 1 aliphatic carbocycles. The van der Waals surface area contributed by atoms with Crippen molar-refractivity contribution in [3.05, 3.63) is 0 Å². The molecule has 1 unspecified atom stereocenters. The fourth-order valence-corrected chi connectivity index (χ4v) is 1.32. The summed E-state index contributed by atoms with van der Waals surface area (Å²) in [6.07, 6.45) is 1.18. The molecule has 0 radical (unpaired) electrons. The third kappa shape index (κ3) is 0.970. The second kappa shape index (κ2) is 1.96. The minimum absolute atomic E-state index is 0.243. The van der Waals surface area contributed by atoms with Crippen molar-refractivity contribution in [2.75, 3.05) is 0 Å².